The van der Waals surface area contributed by atoms with Crippen molar-refractivity contribution in [3.63, 3.8) is 0 Å². The van der Waals surface area contributed by atoms with Gasteiger partial charge in [-0.1, -0.05) is 0 Å². The third-order valence-electron chi connectivity index (χ3n) is 5.52. The zero-order chi connectivity index (χ0) is 21.5. The van der Waals surface area contributed by atoms with E-state index in [4.69, 9.17) is 9.15 Å². The number of likely N-dealkylation sites (N-methyl/N-ethyl adjacent to an activating group) is 1. The molecule has 0 aliphatic rings. The van der Waals surface area contributed by atoms with Crippen LogP contribution < -0.4 is 10.4 Å². The molecule has 2 aromatic heterocycles. The van der Waals surface area contributed by atoms with Crippen LogP contribution in [-0.2, 0) is 18.4 Å². The molecule has 29 heavy (non-hydrogen) atoms. The van der Waals surface area contributed by atoms with E-state index in [2.05, 4.69) is 5.10 Å². The maximum Gasteiger partial charge on any atom is 0.339 e. The van der Waals surface area contributed by atoms with Gasteiger partial charge in [0.2, 0.25) is 0 Å². The Morgan fingerprint density at radius 2 is 1.93 bits per heavy atom. The normalized spacial score (nSPS) is 12.2. The Kier molecular flexibility index (Phi) is 5.50. The quantitative estimate of drug-likeness (QED) is 0.618. The maximum atomic E-state index is 12.8. The monoisotopic (exact) mass is 397 g/mol. The van der Waals surface area contributed by atoms with Crippen LogP contribution in [0.4, 0.5) is 0 Å². The molecule has 7 heteroatoms. The summed E-state index contributed by atoms with van der Waals surface area (Å²) in [6.45, 7) is 9.73. The average molecular weight is 397 g/mol. The molecule has 0 saturated carbocycles. The fourth-order valence-electron chi connectivity index (χ4n) is 3.43. The SMILES string of the molecule is Cc1nn(C)c(C)c1CN(C)C(=O)C(C)Oc1ccc2c(C)c(C)c(=O)oc2c1. The topological polar surface area (TPSA) is 77.6 Å². The van der Waals surface area contributed by atoms with E-state index in [1.54, 1.807) is 37.9 Å². The van der Waals surface area contributed by atoms with Gasteiger partial charge in [-0.15, -0.1) is 0 Å². The zero-order valence-electron chi connectivity index (χ0n) is 18.0. The number of rotatable bonds is 5. The van der Waals surface area contributed by atoms with Gasteiger partial charge in [0, 0.05) is 48.9 Å². The molecule has 0 N–H and O–H groups in total. The van der Waals surface area contributed by atoms with Crippen molar-refractivity contribution in [2.24, 2.45) is 7.05 Å². The first kappa shape index (κ1) is 20.6. The molecular formula is C22H27N3O4. The van der Waals surface area contributed by atoms with Gasteiger partial charge in [0.25, 0.3) is 5.91 Å². The van der Waals surface area contributed by atoms with Crippen molar-refractivity contribution >= 4 is 16.9 Å². The number of hydrogen-bond donors (Lipinski definition) is 0. The number of amides is 1. The first-order chi connectivity index (χ1) is 13.6. The fraction of sp³-hybridized carbons (Fsp3) is 0.409. The van der Waals surface area contributed by atoms with Crippen LogP contribution in [0.2, 0.25) is 0 Å². The maximum absolute atomic E-state index is 12.8. The lowest BCUT2D eigenvalue weighted by molar-refractivity contribution is -0.137. The van der Waals surface area contributed by atoms with Gasteiger partial charge in [-0.05, 0) is 52.3 Å². The molecule has 0 aliphatic heterocycles. The minimum absolute atomic E-state index is 0.144. The third kappa shape index (κ3) is 3.90. The van der Waals surface area contributed by atoms with Crippen molar-refractivity contribution < 1.29 is 13.9 Å². The van der Waals surface area contributed by atoms with Gasteiger partial charge in [0.15, 0.2) is 6.10 Å². The Morgan fingerprint density at radius 1 is 1.24 bits per heavy atom. The molecule has 0 saturated heterocycles. The van der Waals surface area contributed by atoms with Crippen LogP contribution in [0.1, 0.15) is 35.0 Å². The summed E-state index contributed by atoms with van der Waals surface area (Å²) in [4.78, 5) is 26.4. The van der Waals surface area contributed by atoms with Crippen molar-refractivity contribution in [3.8, 4) is 5.75 Å². The Labute approximate surface area is 169 Å². The van der Waals surface area contributed by atoms with Gasteiger partial charge in [-0.25, -0.2) is 4.79 Å². The number of carbonyl (C=O) groups excluding carboxylic acids is 1. The predicted octanol–water partition coefficient (Wildman–Crippen LogP) is 3.19. The summed E-state index contributed by atoms with van der Waals surface area (Å²) < 4.78 is 13.0. The Bertz CT molecular complexity index is 1140. The van der Waals surface area contributed by atoms with Gasteiger partial charge in [0.1, 0.15) is 11.3 Å². The van der Waals surface area contributed by atoms with Gasteiger partial charge >= 0.3 is 5.63 Å². The van der Waals surface area contributed by atoms with Crippen LogP contribution >= 0.6 is 0 Å². The molecule has 0 fully saturated rings. The van der Waals surface area contributed by atoms with Crippen LogP contribution in [0.25, 0.3) is 11.0 Å². The first-order valence-electron chi connectivity index (χ1n) is 9.55. The van der Waals surface area contributed by atoms with Crippen molar-refractivity contribution in [3.05, 3.63) is 56.7 Å². The summed E-state index contributed by atoms with van der Waals surface area (Å²) in [6.07, 6.45) is -0.687. The fourth-order valence-corrected chi connectivity index (χ4v) is 3.43. The number of benzene rings is 1. The lowest BCUT2D eigenvalue weighted by Crippen LogP contribution is -2.37. The highest BCUT2D eigenvalue weighted by atomic mass is 16.5. The van der Waals surface area contributed by atoms with Gasteiger partial charge in [0.05, 0.1) is 5.69 Å². The van der Waals surface area contributed by atoms with E-state index in [0.29, 0.717) is 23.4 Å². The molecular weight excluding hydrogens is 370 g/mol. The summed E-state index contributed by atoms with van der Waals surface area (Å²) in [5.41, 5.74) is 4.54. The molecule has 1 unspecified atom stereocenters. The highest BCUT2D eigenvalue weighted by Crippen LogP contribution is 2.25. The number of fused-ring (bicyclic) bond motifs is 1. The summed E-state index contributed by atoms with van der Waals surface area (Å²) >= 11 is 0. The molecule has 3 aromatic rings. The summed E-state index contributed by atoms with van der Waals surface area (Å²) in [6, 6.07) is 5.29. The molecule has 0 spiro atoms. The lowest BCUT2D eigenvalue weighted by atomic mass is 10.1. The highest BCUT2D eigenvalue weighted by molar-refractivity contribution is 5.83. The predicted molar refractivity (Wildman–Crippen MR) is 111 cm³/mol. The minimum atomic E-state index is -0.687. The van der Waals surface area contributed by atoms with Crippen molar-refractivity contribution in [1.29, 1.82) is 0 Å². The largest absolute Gasteiger partial charge is 0.481 e. The van der Waals surface area contributed by atoms with E-state index in [0.717, 1.165) is 27.9 Å². The number of nitrogens with zero attached hydrogens (tertiary/aromatic N) is 3. The minimum Gasteiger partial charge on any atom is -0.481 e. The van der Waals surface area contributed by atoms with E-state index >= 15 is 0 Å². The second kappa shape index (κ2) is 7.73. The number of hydrogen-bond acceptors (Lipinski definition) is 5. The summed E-state index contributed by atoms with van der Waals surface area (Å²) in [7, 11) is 3.64. The smallest absolute Gasteiger partial charge is 0.339 e. The number of aromatic nitrogens is 2. The number of carbonyl (C=O) groups is 1. The van der Waals surface area contributed by atoms with E-state index in [9.17, 15) is 9.59 Å². The molecule has 1 aromatic carbocycles. The van der Waals surface area contributed by atoms with Crippen molar-refractivity contribution in [2.75, 3.05) is 7.05 Å². The zero-order valence-corrected chi connectivity index (χ0v) is 18.0. The Hall–Kier alpha value is -3.09. The van der Waals surface area contributed by atoms with Crippen LogP contribution in [0.15, 0.2) is 27.4 Å². The van der Waals surface area contributed by atoms with E-state index in [1.807, 2.05) is 38.6 Å². The molecule has 7 nitrogen and oxygen atoms in total. The Morgan fingerprint density at radius 3 is 2.55 bits per heavy atom. The third-order valence-corrected chi connectivity index (χ3v) is 5.52. The lowest BCUT2D eigenvalue weighted by Gasteiger charge is -2.22. The van der Waals surface area contributed by atoms with E-state index < -0.39 is 6.10 Å². The second-order valence-corrected chi connectivity index (χ2v) is 7.52. The van der Waals surface area contributed by atoms with Crippen LogP contribution in [-0.4, -0.2) is 33.7 Å². The van der Waals surface area contributed by atoms with Crippen LogP contribution in [0.3, 0.4) is 0 Å². The van der Waals surface area contributed by atoms with Gasteiger partial charge in [-0.2, -0.15) is 5.10 Å². The molecule has 1 atom stereocenters. The molecule has 0 aliphatic carbocycles. The summed E-state index contributed by atoms with van der Waals surface area (Å²) in [5.74, 6) is 0.334. The van der Waals surface area contributed by atoms with Gasteiger partial charge < -0.3 is 14.1 Å². The molecule has 1 amide bonds. The standard InChI is InChI=1S/C22H27N3O4/c1-12-13(2)22(27)29-20-10-17(8-9-18(12)20)28-16(5)21(26)24(6)11-19-14(3)23-25(7)15(19)4/h8-10,16H,11H2,1-7H3. The number of ether oxygens (including phenoxy) is 1. The van der Waals surface area contributed by atoms with Crippen molar-refractivity contribution in [2.45, 2.75) is 47.3 Å². The number of aryl methyl sites for hydroxylation is 3. The van der Waals surface area contributed by atoms with Crippen LogP contribution in [0, 0.1) is 27.7 Å². The van der Waals surface area contributed by atoms with E-state index in [-0.39, 0.29) is 11.5 Å². The van der Waals surface area contributed by atoms with Gasteiger partial charge in [-0.3, -0.25) is 9.48 Å². The first-order valence-corrected chi connectivity index (χ1v) is 9.55. The van der Waals surface area contributed by atoms with Crippen LogP contribution in [0.5, 0.6) is 5.75 Å². The molecule has 154 valence electrons. The highest BCUT2D eigenvalue weighted by Gasteiger charge is 2.22. The molecule has 2 heterocycles. The van der Waals surface area contributed by atoms with Crippen molar-refractivity contribution in [1.82, 2.24) is 14.7 Å². The average Bonchev–Trinajstić information content (AvgIpc) is 2.91. The molecule has 0 bridgehead atoms. The summed E-state index contributed by atoms with van der Waals surface area (Å²) in [5, 5.41) is 5.25. The van der Waals surface area contributed by atoms with E-state index in [1.165, 1.54) is 0 Å². The Balaban J connectivity index is 1.76. The molecule has 3 rings (SSSR count). The second-order valence-electron chi connectivity index (χ2n) is 7.52. The molecule has 0 radical (unpaired) electrons.